The van der Waals surface area contributed by atoms with Crippen molar-refractivity contribution in [2.75, 3.05) is 39.6 Å². The van der Waals surface area contributed by atoms with Crippen molar-refractivity contribution in [3.05, 3.63) is 0 Å². The highest BCUT2D eigenvalue weighted by Gasteiger charge is 2.30. The molecule has 0 aliphatic heterocycles. The summed E-state index contributed by atoms with van der Waals surface area (Å²) < 4.78 is 68.8. The van der Waals surface area contributed by atoms with Crippen LogP contribution in [0.4, 0.5) is 0 Å². The van der Waals surface area contributed by atoms with Crippen molar-refractivity contribution < 1.29 is 80.2 Å². The quantitative estimate of drug-likeness (QED) is 0.0222. The highest BCUT2D eigenvalue weighted by molar-refractivity contribution is 7.47. The van der Waals surface area contributed by atoms with Gasteiger partial charge in [0, 0.05) is 25.7 Å². The summed E-state index contributed by atoms with van der Waals surface area (Å²) in [4.78, 5) is 73.1. The molecule has 0 aromatic heterocycles. The van der Waals surface area contributed by atoms with E-state index in [-0.39, 0.29) is 25.7 Å². The van der Waals surface area contributed by atoms with Crippen LogP contribution in [0, 0.1) is 5.92 Å². The molecule has 100 heavy (non-hydrogen) atoms. The fourth-order valence-electron chi connectivity index (χ4n) is 12.6. The van der Waals surface area contributed by atoms with Crippen molar-refractivity contribution in [1.29, 1.82) is 0 Å². The van der Waals surface area contributed by atoms with Crippen LogP contribution in [0.2, 0.25) is 0 Å². The van der Waals surface area contributed by atoms with Crippen molar-refractivity contribution in [2.24, 2.45) is 5.92 Å². The number of phosphoric ester groups is 2. The number of hydrogen-bond donors (Lipinski definition) is 3. The number of carbonyl (C=O) groups is 4. The van der Waals surface area contributed by atoms with Gasteiger partial charge in [0.1, 0.15) is 19.3 Å². The molecule has 19 heteroatoms. The van der Waals surface area contributed by atoms with Gasteiger partial charge in [0.25, 0.3) is 0 Å². The van der Waals surface area contributed by atoms with Crippen molar-refractivity contribution in [2.45, 2.75) is 451 Å². The molecule has 0 saturated heterocycles. The van der Waals surface area contributed by atoms with Crippen LogP contribution in [0.25, 0.3) is 0 Å². The summed E-state index contributed by atoms with van der Waals surface area (Å²) in [5.41, 5.74) is 0. The van der Waals surface area contributed by atoms with E-state index in [0.717, 1.165) is 95.8 Å². The first-order valence-electron chi connectivity index (χ1n) is 42.1. The Balaban J connectivity index is 5.26. The monoisotopic (exact) mass is 1470 g/mol. The molecule has 0 aliphatic carbocycles. The van der Waals surface area contributed by atoms with E-state index in [0.29, 0.717) is 25.7 Å². The SMILES string of the molecule is CCCCCCCCCCCCCCCCCCC(=O)OC[C@H](COP(=O)(O)OC[C@@H](O)COP(=O)(O)OC[C@@H](COC(=O)CCCCCCCCCCCC(C)C)OC(=O)CCCCCCCCCCCCCCCCCC)OC(=O)CCCCCCCCCCCCCCCCCC. The van der Waals surface area contributed by atoms with Gasteiger partial charge in [-0.25, -0.2) is 9.13 Å². The van der Waals surface area contributed by atoms with E-state index in [1.54, 1.807) is 0 Å². The third-order valence-electron chi connectivity index (χ3n) is 19.0. The molecular weight excluding hydrogens is 1310 g/mol. The molecule has 0 aromatic carbocycles. The van der Waals surface area contributed by atoms with Gasteiger partial charge in [-0.05, 0) is 31.6 Å². The summed E-state index contributed by atoms with van der Waals surface area (Å²) in [7, 11) is -9.92. The van der Waals surface area contributed by atoms with Crippen LogP contribution in [0.3, 0.4) is 0 Å². The molecule has 3 N–H and O–H groups in total. The van der Waals surface area contributed by atoms with Gasteiger partial charge in [-0.15, -0.1) is 0 Å². The largest absolute Gasteiger partial charge is 0.472 e. The third-order valence-corrected chi connectivity index (χ3v) is 20.9. The molecule has 0 heterocycles. The highest BCUT2D eigenvalue weighted by atomic mass is 31.2. The molecule has 0 fully saturated rings. The van der Waals surface area contributed by atoms with E-state index in [4.69, 9.17) is 37.0 Å². The zero-order chi connectivity index (χ0) is 73.4. The van der Waals surface area contributed by atoms with Gasteiger partial charge in [-0.1, -0.05) is 381 Å². The average Bonchev–Trinajstić information content (AvgIpc) is 0.969. The van der Waals surface area contributed by atoms with Gasteiger partial charge >= 0.3 is 39.5 Å². The lowest BCUT2D eigenvalue weighted by Crippen LogP contribution is -2.30. The number of rotatable bonds is 81. The average molecular weight is 1470 g/mol. The van der Waals surface area contributed by atoms with Crippen molar-refractivity contribution in [3.63, 3.8) is 0 Å². The topological polar surface area (TPSA) is 237 Å². The zero-order valence-corrected chi connectivity index (χ0v) is 67.1. The van der Waals surface area contributed by atoms with E-state index in [1.165, 1.54) is 257 Å². The van der Waals surface area contributed by atoms with Crippen LogP contribution in [0.1, 0.15) is 433 Å². The van der Waals surface area contributed by atoms with Crippen LogP contribution in [-0.2, 0) is 65.4 Å². The van der Waals surface area contributed by atoms with Crippen LogP contribution in [-0.4, -0.2) is 96.7 Å². The maximum Gasteiger partial charge on any atom is 0.472 e. The van der Waals surface area contributed by atoms with E-state index >= 15 is 0 Å². The molecule has 0 aliphatic rings. The Labute approximate surface area is 613 Å². The van der Waals surface area contributed by atoms with E-state index in [1.807, 2.05) is 0 Å². The molecule has 0 radical (unpaired) electrons. The first-order valence-corrected chi connectivity index (χ1v) is 45.1. The zero-order valence-electron chi connectivity index (χ0n) is 65.3. The normalized spacial score (nSPS) is 13.8. The van der Waals surface area contributed by atoms with Gasteiger partial charge in [-0.2, -0.15) is 0 Å². The minimum absolute atomic E-state index is 0.108. The number of hydrogen-bond acceptors (Lipinski definition) is 15. The maximum absolute atomic E-state index is 13.1. The number of aliphatic hydroxyl groups is 1. The first-order chi connectivity index (χ1) is 48.5. The standard InChI is InChI=1S/C81H158O17P2/c1-6-9-12-15-18-21-24-27-30-33-36-39-44-49-54-59-64-78(83)91-70-76(97-80(85)66-61-56-51-45-40-37-34-31-28-25-22-19-16-13-10-7-2)72-95-99(87,88)93-68-75(82)69-94-100(89,90)96-73-77(71-92-79(84)65-60-55-50-47-42-43-48-53-58-63-74(4)5)98-81(86)67-62-57-52-46-41-38-35-32-29-26-23-20-17-14-11-8-3/h74-77,82H,6-73H2,1-5H3,(H,87,88)(H,89,90)/t75-,76-,77-/m1/s1. The molecule has 0 bridgehead atoms. The molecule has 0 saturated carbocycles. The lowest BCUT2D eigenvalue weighted by atomic mass is 10.0. The summed E-state index contributed by atoms with van der Waals surface area (Å²) in [5.74, 6) is -1.36. The molecule has 5 atom stereocenters. The first kappa shape index (κ1) is 98.1. The smallest absolute Gasteiger partial charge is 0.462 e. The molecule has 594 valence electrons. The Kier molecular flexibility index (Phi) is 72.5. The lowest BCUT2D eigenvalue weighted by Gasteiger charge is -2.21. The fraction of sp³-hybridized carbons (Fsp3) is 0.951. The number of aliphatic hydroxyl groups excluding tert-OH is 1. The van der Waals surface area contributed by atoms with E-state index in [2.05, 4.69) is 34.6 Å². The molecular formula is C81H158O17P2. The molecule has 0 aromatic rings. The summed E-state index contributed by atoms with van der Waals surface area (Å²) in [5, 5.41) is 10.6. The van der Waals surface area contributed by atoms with Crippen molar-refractivity contribution in [3.8, 4) is 0 Å². The van der Waals surface area contributed by atoms with Crippen LogP contribution >= 0.6 is 15.6 Å². The van der Waals surface area contributed by atoms with Gasteiger partial charge in [0.2, 0.25) is 0 Å². The second-order valence-electron chi connectivity index (χ2n) is 29.6. The molecule has 17 nitrogen and oxygen atoms in total. The maximum atomic E-state index is 13.1. The lowest BCUT2D eigenvalue weighted by molar-refractivity contribution is -0.161. The van der Waals surface area contributed by atoms with Crippen LogP contribution in [0.5, 0.6) is 0 Å². The predicted octanol–water partition coefficient (Wildman–Crippen LogP) is 24.4. The van der Waals surface area contributed by atoms with Crippen LogP contribution < -0.4 is 0 Å². The molecule has 0 amide bonds. The van der Waals surface area contributed by atoms with Crippen molar-refractivity contribution >= 4 is 39.5 Å². The second-order valence-corrected chi connectivity index (χ2v) is 32.5. The number of unbranched alkanes of at least 4 members (excludes halogenated alkanes) is 53. The minimum atomic E-state index is -4.96. The Morgan fingerprint density at radius 2 is 0.460 bits per heavy atom. The number of esters is 4. The van der Waals surface area contributed by atoms with E-state index < -0.39 is 97.5 Å². The predicted molar refractivity (Wildman–Crippen MR) is 409 cm³/mol. The fourth-order valence-corrected chi connectivity index (χ4v) is 14.2. The number of ether oxygens (including phenoxy) is 4. The minimum Gasteiger partial charge on any atom is -0.462 e. The Morgan fingerprint density at radius 1 is 0.270 bits per heavy atom. The molecule has 0 spiro atoms. The van der Waals surface area contributed by atoms with Crippen LogP contribution in [0.15, 0.2) is 0 Å². The Bertz CT molecular complexity index is 1910. The van der Waals surface area contributed by atoms with Gasteiger partial charge in [0.15, 0.2) is 12.2 Å². The van der Waals surface area contributed by atoms with Gasteiger partial charge in [-0.3, -0.25) is 37.3 Å². The third kappa shape index (κ3) is 74.3. The summed E-state index contributed by atoms with van der Waals surface area (Å²) in [6, 6.07) is 0. The van der Waals surface area contributed by atoms with Gasteiger partial charge in [0.05, 0.1) is 26.4 Å². The summed E-state index contributed by atoms with van der Waals surface area (Å²) in [6.45, 7) is 7.33. The molecule has 2 unspecified atom stereocenters. The Morgan fingerprint density at radius 3 is 0.680 bits per heavy atom. The number of carbonyl (C=O) groups excluding carboxylic acids is 4. The number of phosphoric acid groups is 2. The summed E-state index contributed by atoms with van der Waals surface area (Å²) >= 11 is 0. The van der Waals surface area contributed by atoms with E-state index in [9.17, 15) is 43.2 Å². The Hall–Kier alpha value is -1.94. The highest BCUT2D eigenvalue weighted by Crippen LogP contribution is 2.45. The van der Waals surface area contributed by atoms with Gasteiger partial charge < -0.3 is 33.8 Å². The van der Waals surface area contributed by atoms with Crippen molar-refractivity contribution in [1.82, 2.24) is 0 Å². The second kappa shape index (κ2) is 73.9. The summed E-state index contributed by atoms with van der Waals surface area (Å²) in [6.07, 6.45) is 65.1. The molecule has 0 rings (SSSR count).